The minimum atomic E-state index is -0.762. The third-order valence-corrected chi connectivity index (χ3v) is 3.58. The second-order valence-corrected chi connectivity index (χ2v) is 5.34. The Bertz CT molecular complexity index is 505. The Hall–Kier alpha value is -1.68. The first-order valence-corrected chi connectivity index (χ1v) is 6.36. The molecule has 19 heavy (non-hydrogen) atoms. The molecule has 1 fully saturated rings. The quantitative estimate of drug-likeness (QED) is 0.848. The molecule has 102 valence electrons. The average Bonchev–Trinajstić information content (AvgIpc) is 2.32. The van der Waals surface area contributed by atoms with Crippen molar-refractivity contribution in [3.05, 3.63) is 41.7 Å². The lowest BCUT2D eigenvalue weighted by molar-refractivity contribution is -0.158. The summed E-state index contributed by atoms with van der Waals surface area (Å²) in [4.78, 5) is 13.4. The molecule has 1 aromatic rings. The highest BCUT2D eigenvalue weighted by Crippen LogP contribution is 2.28. The molecule has 1 amide bonds. The van der Waals surface area contributed by atoms with Crippen LogP contribution in [-0.2, 0) is 4.79 Å². The van der Waals surface area contributed by atoms with E-state index in [9.17, 15) is 14.3 Å². The van der Waals surface area contributed by atoms with Crippen molar-refractivity contribution in [2.24, 2.45) is 5.92 Å². The number of aliphatic hydroxyl groups is 1. The molecule has 0 saturated carbocycles. The molecular formula is C15H18FNO2. The molecular weight excluding hydrogens is 245 g/mol. The Labute approximate surface area is 112 Å². The predicted molar refractivity (Wildman–Crippen MR) is 71.8 cm³/mol. The lowest BCUT2D eigenvalue weighted by Crippen LogP contribution is -2.65. The number of carbonyl (C=O) groups is 1. The van der Waals surface area contributed by atoms with E-state index in [1.54, 1.807) is 23.1 Å². The molecule has 1 heterocycles. The number of halogens is 1. The van der Waals surface area contributed by atoms with Gasteiger partial charge in [-0.1, -0.05) is 26.0 Å². The van der Waals surface area contributed by atoms with Crippen LogP contribution in [-0.4, -0.2) is 34.6 Å². The van der Waals surface area contributed by atoms with Gasteiger partial charge in [-0.05, 0) is 29.7 Å². The summed E-state index contributed by atoms with van der Waals surface area (Å²) in [6.07, 6.45) is 2.99. The van der Waals surface area contributed by atoms with Gasteiger partial charge in [0.25, 0.3) is 0 Å². The number of benzene rings is 1. The topological polar surface area (TPSA) is 40.5 Å². The number of carbonyl (C=O) groups excluding carboxylic acids is 1. The van der Waals surface area contributed by atoms with Crippen molar-refractivity contribution in [3.8, 4) is 0 Å². The number of nitrogens with zero attached hydrogens (tertiary/aromatic N) is 1. The zero-order valence-corrected chi connectivity index (χ0v) is 11.1. The van der Waals surface area contributed by atoms with Gasteiger partial charge in [-0.15, -0.1) is 0 Å². The van der Waals surface area contributed by atoms with E-state index >= 15 is 0 Å². The molecule has 0 bridgehead atoms. The van der Waals surface area contributed by atoms with E-state index in [4.69, 9.17) is 0 Å². The van der Waals surface area contributed by atoms with Crippen LogP contribution in [0.4, 0.5) is 4.39 Å². The summed E-state index contributed by atoms with van der Waals surface area (Å²) in [6, 6.07) is 6.05. The second kappa shape index (κ2) is 5.13. The summed E-state index contributed by atoms with van der Waals surface area (Å²) in [5.41, 5.74) is -0.115. The van der Waals surface area contributed by atoms with Gasteiger partial charge < -0.3 is 10.0 Å². The van der Waals surface area contributed by atoms with Crippen molar-refractivity contribution in [1.29, 1.82) is 0 Å². The Morgan fingerprint density at radius 3 is 2.74 bits per heavy atom. The minimum Gasteiger partial charge on any atom is -0.386 e. The highest BCUT2D eigenvalue weighted by atomic mass is 19.1. The fraction of sp³-hybridized carbons (Fsp3) is 0.400. The van der Waals surface area contributed by atoms with Crippen molar-refractivity contribution >= 4 is 12.0 Å². The third kappa shape index (κ3) is 3.01. The SMILES string of the molecule is CC(C)C1(O)CN(C(=O)C=Cc2cccc(F)c2)C1. The molecule has 1 aliphatic heterocycles. The fourth-order valence-electron chi connectivity index (χ4n) is 2.02. The number of hydrogen-bond acceptors (Lipinski definition) is 2. The van der Waals surface area contributed by atoms with Crippen LogP contribution < -0.4 is 0 Å². The summed E-state index contributed by atoms with van der Waals surface area (Å²) in [6.45, 7) is 4.59. The van der Waals surface area contributed by atoms with Crippen LogP contribution in [0, 0.1) is 11.7 Å². The molecule has 0 unspecified atom stereocenters. The van der Waals surface area contributed by atoms with Crippen molar-refractivity contribution in [3.63, 3.8) is 0 Å². The van der Waals surface area contributed by atoms with Crippen LogP contribution in [0.2, 0.25) is 0 Å². The Morgan fingerprint density at radius 2 is 2.16 bits per heavy atom. The number of amides is 1. The molecule has 1 saturated heterocycles. The van der Waals surface area contributed by atoms with Crippen LogP contribution in [0.1, 0.15) is 19.4 Å². The maximum absolute atomic E-state index is 13.0. The maximum Gasteiger partial charge on any atom is 0.246 e. The zero-order valence-electron chi connectivity index (χ0n) is 11.1. The van der Waals surface area contributed by atoms with Gasteiger partial charge >= 0.3 is 0 Å². The largest absolute Gasteiger partial charge is 0.386 e. The zero-order chi connectivity index (χ0) is 14.0. The molecule has 0 spiro atoms. The van der Waals surface area contributed by atoms with E-state index in [-0.39, 0.29) is 17.6 Å². The molecule has 0 aliphatic carbocycles. The van der Waals surface area contributed by atoms with E-state index in [0.717, 1.165) is 0 Å². The highest BCUT2D eigenvalue weighted by molar-refractivity contribution is 5.92. The first-order valence-electron chi connectivity index (χ1n) is 6.36. The van der Waals surface area contributed by atoms with Crippen LogP contribution in [0.3, 0.4) is 0 Å². The van der Waals surface area contributed by atoms with Gasteiger partial charge in [0.2, 0.25) is 5.91 Å². The van der Waals surface area contributed by atoms with Crippen LogP contribution in [0.25, 0.3) is 6.08 Å². The summed E-state index contributed by atoms with van der Waals surface area (Å²) < 4.78 is 13.0. The molecule has 1 aliphatic rings. The van der Waals surface area contributed by atoms with E-state index < -0.39 is 5.60 Å². The summed E-state index contributed by atoms with van der Waals surface area (Å²) >= 11 is 0. The monoisotopic (exact) mass is 263 g/mol. The number of rotatable bonds is 3. The number of β-amino-alcohol motifs (C(OH)–C–C–N with tert-alkyl or cyclic N) is 1. The molecule has 0 atom stereocenters. The van der Waals surface area contributed by atoms with Crippen molar-refractivity contribution in [2.75, 3.05) is 13.1 Å². The Morgan fingerprint density at radius 1 is 1.47 bits per heavy atom. The Kier molecular flexibility index (Phi) is 3.71. The number of likely N-dealkylation sites (tertiary alicyclic amines) is 1. The van der Waals surface area contributed by atoms with Gasteiger partial charge in [-0.25, -0.2) is 4.39 Å². The van der Waals surface area contributed by atoms with Crippen LogP contribution >= 0.6 is 0 Å². The normalized spacial score (nSPS) is 17.8. The molecule has 2 rings (SSSR count). The smallest absolute Gasteiger partial charge is 0.246 e. The summed E-state index contributed by atoms with van der Waals surface area (Å²) in [7, 11) is 0. The van der Waals surface area contributed by atoms with Crippen molar-refractivity contribution < 1.29 is 14.3 Å². The molecule has 1 N–H and O–H groups in total. The van der Waals surface area contributed by atoms with E-state index in [2.05, 4.69) is 0 Å². The minimum absolute atomic E-state index is 0.128. The third-order valence-electron chi connectivity index (χ3n) is 3.58. The fourth-order valence-corrected chi connectivity index (χ4v) is 2.02. The predicted octanol–water partition coefficient (Wildman–Crippen LogP) is 2.07. The van der Waals surface area contributed by atoms with Gasteiger partial charge in [-0.3, -0.25) is 4.79 Å². The van der Waals surface area contributed by atoms with Gasteiger partial charge in [-0.2, -0.15) is 0 Å². The first-order chi connectivity index (χ1) is 8.90. The molecule has 4 heteroatoms. The maximum atomic E-state index is 13.0. The Balaban J connectivity index is 1.93. The van der Waals surface area contributed by atoms with Crippen molar-refractivity contribution in [2.45, 2.75) is 19.4 Å². The van der Waals surface area contributed by atoms with Gasteiger partial charge in [0.1, 0.15) is 11.4 Å². The molecule has 0 aromatic heterocycles. The van der Waals surface area contributed by atoms with Gasteiger partial charge in [0, 0.05) is 6.08 Å². The lowest BCUT2D eigenvalue weighted by Gasteiger charge is -2.48. The molecule has 1 aromatic carbocycles. The second-order valence-electron chi connectivity index (χ2n) is 5.34. The van der Waals surface area contributed by atoms with Gasteiger partial charge in [0.15, 0.2) is 0 Å². The summed E-state index contributed by atoms with van der Waals surface area (Å²) in [5, 5.41) is 10.1. The molecule has 0 radical (unpaired) electrons. The average molecular weight is 263 g/mol. The molecule has 3 nitrogen and oxygen atoms in total. The summed E-state index contributed by atoms with van der Waals surface area (Å²) in [5.74, 6) is -0.355. The van der Waals surface area contributed by atoms with E-state index in [0.29, 0.717) is 18.7 Å². The van der Waals surface area contributed by atoms with Gasteiger partial charge in [0.05, 0.1) is 13.1 Å². The van der Waals surface area contributed by atoms with Crippen molar-refractivity contribution in [1.82, 2.24) is 4.90 Å². The van der Waals surface area contributed by atoms with Crippen LogP contribution in [0.15, 0.2) is 30.3 Å². The van der Waals surface area contributed by atoms with E-state index in [1.165, 1.54) is 18.2 Å². The highest BCUT2D eigenvalue weighted by Gasteiger charge is 2.45. The van der Waals surface area contributed by atoms with E-state index in [1.807, 2.05) is 13.8 Å². The first kappa shape index (κ1) is 13.7. The van der Waals surface area contributed by atoms with Crippen LogP contribution in [0.5, 0.6) is 0 Å². The lowest BCUT2D eigenvalue weighted by atomic mass is 9.83. The number of hydrogen-bond donors (Lipinski definition) is 1. The standard InChI is InChI=1S/C15H18FNO2/c1-11(2)15(19)9-17(10-15)14(18)7-6-12-4-3-5-13(16)8-12/h3-8,11,19H,9-10H2,1-2H3.